The van der Waals surface area contributed by atoms with Crippen LogP contribution in [-0.4, -0.2) is 140 Å². The number of aliphatic hydroxyl groups excluding tert-OH is 5. The number of amides is 2. The number of aliphatic carboxylic acids is 1. The lowest BCUT2D eigenvalue weighted by Gasteiger charge is -2.47. The van der Waals surface area contributed by atoms with Crippen LogP contribution >= 0.6 is 11.8 Å². The molecular formula is C22H36N2O14S. The van der Waals surface area contributed by atoms with Gasteiger partial charge in [-0.2, -0.15) is 0 Å². The maximum Gasteiger partial charge on any atom is 0.346 e. The lowest BCUT2D eigenvalue weighted by atomic mass is 9.89. The molecule has 16 nitrogen and oxygen atoms in total. The maximum absolute atomic E-state index is 12.4. The van der Waals surface area contributed by atoms with Crippen LogP contribution < -0.4 is 10.6 Å². The standard InChI is InChI=1S/C22H36N2O14S/c1-8(25)23-14-11(28)5-22(21(33)34,38-19(14)16(30)12(29)6-36-10(3)27)39-7-13-17(31)18(32)15(24-9(2)26)20(35-4)37-13/h11-20,28-32H,5-7H2,1-4H3,(H,23,25)(H,24,26)(H,33,34)/t11?,12-,13?,14?,15?,16-,17?,18?,19?,20?,22?/m1/s1. The Bertz CT molecular complexity index is 893. The number of thioether (sulfide) groups is 1. The summed E-state index contributed by atoms with van der Waals surface area (Å²) >= 11 is 0.557. The molecule has 2 saturated heterocycles. The third-order valence-corrected chi connectivity index (χ3v) is 7.64. The van der Waals surface area contributed by atoms with Crippen molar-refractivity contribution in [2.24, 2.45) is 0 Å². The highest BCUT2D eigenvalue weighted by atomic mass is 32.2. The SMILES string of the molecule is COC1OC(CSC2(C(=O)O)CC(O)C(NC(C)=O)C([C@H](O)[C@H](O)COC(C)=O)O2)C(O)C(O)C1NC(C)=O. The number of hydrogen-bond donors (Lipinski definition) is 8. The highest BCUT2D eigenvalue weighted by Crippen LogP contribution is 2.41. The van der Waals surface area contributed by atoms with Gasteiger partial charge in [0.15, 0.2) is 6.29 Å². The Balaban J connectivity index is 2.29. The molecule has 0 aliphatic carbocycles. The second-order valence-electron chi connectivity index (χ2n) is 9.30. The van der Waals surface area contributed by atoms with Crippen LogP contribution in [0.2, 0.25) is 0 Å². The summed E-state index contributed by atoms with van der Waals surface area (Å²) in [6.45, 7) is 2.70. The van der Waals surface area contributed by atoms with Gasteiger partial charge in [-0.25, -0.2) is 4.79 Å². The number of rotatable bonds is 11. The van der Waals surface area contributed by atoms with Gasteiger partial charge in [-0.05, 0) is 0 Å². The fraction of sp³-hybridized carbons (Fsp3) is 0.818. The molecule has 9 unspecified atom stereocenters. The monoisotopic (exact) mass is 584 g/mol. The van der Waals surface area contributed by atoms with Crippen molar-refractivity contribution in [2.45, 2.75) is 93.2 Å². The van der Waals surface area contributed by atoms with E-state index in [-0.39, 0.29) is 5.75 Å². The van der Waals surface area contributed by atoms with Crippen LogP contribution in [-0.2, 0) is 38.1 Å². The Morgan fingerprint density at radius 2 is 1.62 bits per heavy atom. The zero-order valence-corrected chi connectivity index (χ0v) is 22.6. The van der Waals surface area contributed by atoms with Crippen molar-refractivity contribution in [1.29, 1.82) is 0 Å². The molecule has 0 saturated carbocycles. The third kappa shape index (κ3) is 8.21. The molecule has 0 aromatic rings. The number of nitrogens with one attached hydrogen (secondary N) is 2. The molecule has 2 aliphatic rings. The molecular weight excluding hydrogens is 548 g/mol. The fourth-order valence-electron chi connectivity index (χ4n) is 4.35. The summed E-state index contributed by atoms with van der Waals surface area (Å²) < 4.78 is 21.2. The Morgan fingerprint density at radius 1 is 1.03 bits per heavy atom. The molecule has 8 N–H and O–H groups in total. The van der Waals surface area contributed by atoms with E-state index in [0.29, 0.717) is 11.8 Å². The summed E-state index contributed by atoms with van der Waals surface area (Å²) in [7, 11) is 1.24. The first-order valence-corrected chi connectivity index (χ1v) is 12.9. The second-order valence-corrected chi connectivity index (χ2v) is 10.6. The molecule has 2 aliphatic heterocycles. The summed E-state index contributed by atoms with van der Waals surface area (Å²) in [4.78, 5) is 44.5. The van der Waals surface area contributed by atoms with Crippen molar-refractivity contribution in [3.8, 4) is 0 Å². The molecule has 0 radical (unpaired) electrons. The molecule has 39 heavy (non-hydrogen) atoms. The fourth-order valence-corrected chi connectivity index (χ4v) is 5.65. The molecule has 2 fully saturated rings. The van der Waals surface area contributed by atoms with E-state index in [9.17, 15) is 49.8 Å². The van der Waals surface area contributed by atoms with Gasteiger partial charge in [-0.3, -0.25) is 14.4 Å². The smallest absolute Gasteiger partial charge is 0.346 e. The van der Waals surface area contributed by atoms with E-state index in [2.05, 4.69) is 15.4 Å². The van der Waals surface area contributed by atoms with E-state index in [1.165, 1.54) is 14.0 Å². The van der Waals surface area contributed by atoms with Crippen LogP contribution in [0.4, 0.5) is 0 Å². The van der Waals surface area contributed by atoms with E-state index in [1.807, 2.05) is 0 Å². The summed E-state index contributed by atoms with van der Waals surface area (Å²) in [6, 6.07) is -2.48. The number of methoxy groups -OCH3 is 1. The van der Waals surface area contributed by atoms with E-state index in [0.717, 1.165) is 13.8 Å². The van der Waals surface area contributed by atoms with Crippen molar-refractivity contribution in [3.05, 3.63) is 0 Å². The topological polar surface area (TPSA) is 251 Å². The first-order chi connectivity index (χ1) is 18.1. The quantitative estimate of drug-likeness (QED) is 0.108. The lowest BCUT2D eigenvalue weighted by Crippen LogP contribution is -2.67. The minimum atomic E-state index is -2.29. The average molecular weight is 585 g/mol. The van der Waals surface area contributed by atoms with Gasteiger partial charge in [-0.1, -0.05) is 0 Å². The number of aliphatic hydroxyl groups is 5. The van der Waals surface area contributed by atoms with E-state index in [4.69, 9.17) is 14.2 Å². The Hall–Kier alpha value is -2.09. The third-order valence-electron chi connectivity index (χ3n) is 6.24. The van der Waals surface area contributed by atoms with Crippen molar-refractivity contribution in [1.82, 2.24) is 10.6 Å². The van der Waals surface area contributed by atoms with Gasteiger partial charge in [0.25, 0.3) is 0 Å². The van der Waals surface area contributed by atoms with E-state index in [1.54, 1.807) is 0 Å². The molecule has 0 spiro atoms. The van der Waals surface area contributed by atoms with Crippen molar-refractivity contribution in [3.63, 3.8) is 0 Å². The normalized spacial score (nSPS) is 36.3. The average Bonchev–Trinajstić information content (AvgIpc) is 2.85. The van der Waals surface area contributed by atoms with Gasteiger partial charge < -0.3 is 60.2 Å². The zero-order valence-electron chi connectivity index (χ0n) is 21.8. The van der Waals surface area contributed by atoms with Crippen LogP contribution in [0.5, 0.6) is 0 Å². The van der Waals surface area contributed by atoms with Gasteiger partial charge in [0.05, 0.1) is 18.2 Å². The van der Waals surface area contributed by atoms with Crippen molar-refractivity contribution >= 4 is 35.5 Å². The second kappa shape index (κ2) is 14.0. The van der Waals surface area contributed by atoms with Gasteiger partial charge in [-0.15, -0.1) is 11.8 Å². The van der Waals surface area contributed by atoms with Crippen LogP contribution in [0.15, 0.2) is 0 Å². The number of carboxylic acids is 1. The molecule has 0 aromatic heterocycles. The molecule has 2 rings (SSSR count). The first-order valence-electron chi connectivity index (χ1n) is 11.9. The van der Waals surface area contributed by atoms with Crippen LogP contribution in [0.25, 0.3) is 0 Å². The summed E-state index contributed by atoms with van der Waals surface area (Å²) in [5.41, 5.74) is 0. The minimum absolute atomic E-state index is 0.340. The maximum atomic E-state index is 12.4. The lowest BCUT2D eigenvalue weighted by molar-refractivity contribution is -0.251. The molecule has 11 atom stereocenters. The highest BCUT2D eigenvalue weighted by Gasteiger charge is 2.56. The number of carboxylic acid groups (broad SMARTS) is 1. The van der Waals surface area contributed by atoms with Gasteiger partial charge in [0, 0.05) is 40.1 Å². The summed E-state index contributed by atoms with van der Waals surface area (Å²) in [6.07, 6.45) is -13.2. The number of esters is 1. The van der Waals surface area contributed by atoms with Crippen molar-refractivity contribution in [2.75, 3.05) is 19.5 Å². The Labute approximate surface area is 227 Å². The molecule has 224 valence electrons. The predicted molar refractivity (Wildman–Crippen MR) is 130 cm³/mol. The number of ether oxygens (including phenoxy) is 4. The largest absolute Gasteiger partial charge is 0.478 e. The van der Waals surface area contributed by atoms with Gasteiger partial charge in [0.1, 0.15) is 43.2 Å². The number of hydrogen-bond acceptors (Lipinski definition) is 14. The molecule has 17 heteroatoms. The van der Waals surface area contributed by atoms with Crippen LogP contribution in [0.1, 0.15) is 27.2 Å². The summed E-state index contributed by atoms with van der Waals surface area (Å²) in [5.74, 6) is -3.86. The molecule has 0 aromatic carbocycles. The van der Waals surface area contributed by atoms with Crippen molar-refractivity contribution < 1.29 is 68.8 Å². The Morgan fingerprint density at radius 3 is 2.13 bits per heavy atom. The number of carbonyl (C=O) groups is 4. The van der Waals surface area contributed by atoms with E-state index >= 15 is 0 Å². The van der Waals surface area contributed by atoms with Gasteiger partial charge >= 0.3 is 11.9 Å². The van der Waals surface area contributed by atoms with E-state index < -0.39 is 103 Å². The number of carbonyl (C=O) groups excluding carboxylic acids is 3. The summed E-state index contributed by atoms with van der Waals surface area (Å²) in [5, 5.41) is 67.9. The van der Waals surface area contributed by atoms with Gasteiger partial charge in [0.2, 0.25) is 16.7 Å². The molecule has 2 heterocycles. The molecule has 0 bridgehead atoms. The zero-order chi connectivity index (χ0) is 29.7. The first kappa shape index (κ1) is 33.1. The molecule has 2 amide bonds. The van der Waals surface area contributed by atoms with Crippen LogP contribution in [0, 0.1) is 0 Å². The predicted octanol–water partition coefficient (Wildman–Crippen LogP) is -3.96. The highest BCUT2D eigenvalue weighted by molar-refractivity contribution is 8.01. The van der Waals surface area contributed by atoms with Crippen LogP contribution in [0.3, 0.4) is 0 Å². The minimum Gasteiger partial charge on any atom is -0.478 e. The Kier molecular flexibility index (Phi) is 11.9.